The Balaban J connectivity index is 2.48. The van der Waals surface area contributed by atoms with Crippen molar-refractivity contribution in [3.8, 4) is 0 Å². The smallest absolute Gasteiger partial charge is 0.0270 e. The zero-order chi connectivity index (χ0) is 6.69. The van der Waals surface area contributed by atoms with Gasteiger partial charge in [-0.3, -0.25) is 0 Å². The van der Waals surface area contributed by atoms with Gasteiger partial charge in [0, 0.05) is 5.70 Å². The second-order valence-electron chi connectivity index (χ2n) is 2.29. The predicted molar refractivity (Wildman–Crippen MR) is 38.6 cm³/mol. The van der Waals surface area contributed by atoms with Crippen LogP contribution in [0.4, 0.5) is 0 Å². The fourth-order valence-electron chi connectivity index (χ4n) is 0.856. The number of allylic oxidation sites excluding steroid dienone is 2. The van der Waals surface area contributed by atoms with Crippen LogP contribution in [0.5, 0.6) is 0 Å². The van der Waals surface area contributed by atoms with Crippen molar-refractivity contribution in [3.05, 3.63) is 23.9 Å². The lowest BCUT2D eigenvalue weighted by molar-refractivity contribution is 0.664. The third kappa shape index (κ3) is 1.57. The molecule has 0 aliphatic heterocycles. The van der Waals surface area contributed by atoms with Crippen molar-refractivity contribution in [2.75, 3.05) is 6.54 Å². The molecule has 9 heavy (non-hydrogen) atoms. The van der Waals surface area contributed by atoms with E-state index in [4.69, 9.17) is 11.5 Å². The molecule has 0 saturated heterocycles. The maximum absolute atomic E-state index is 5.49. The maximum atomic E-state index is 5.49. The van der Waals surface area contributed by atoms with Crippen molar-refractivity contribution in [2.24, 2.45) is 17.4 Å². The Morgan fingerprint density at radius 2 is 2.44 bits per heavy atom. The molecule has 1 rings (SSSR count). The third-order valence-corrected chi connectivity index (χ3v) is 1.52. The summed E-state index contributed by atoms with van der Waals surface area (Å²) in [6, 6.07) is 0. The van der Waals surface area contributed by atoms with Crippen molar-refractivity contribution in [3.63, 3.8) is 0 Å². The molecule has 1 unspecified atom stereocenters. The first kappa shape index (κ1) is 6.36. The third-order valence-electron chi connectivity index (χ3n) is 1.52. The molecule has 0 aromatic heterocycles. The van der Waals surface area contributed by atoms with Gasteiger partial charge >= 0.3 is 0 Å². The van der Waals surface area contributed by atoms with Crippen molar-refractivity contribution in [2.45, 2.75) is 6.42 Å². The summed E-state index contributed by atoms with van der Waals surface area (Å²) in [5.74, 6) is 0.511. The highest BCUT2D eigenvalue weighted by Crippen LogP contribution is 2.11. The minimum absolute atomic E-state index is 0.511. The van der Waals surface area contributed by atoms with Crippen LogP contribution < -0.4 is 11.5 Å². The van der Waals surface area contributed by atoms with Gasteiger partial charge in [0.25, 0.3) is 0 Å². The van der Waals surface area contributed by atoms with Crippen LogP contribution in [-0.2, 0) is 0 Å². The quantitative estimate of drug-likeness (QED) is 0.530. The molecule has 2 heteroatoms. The molecule has 1 atom stereocenters. The summed E-state index contributed by atoms with van der Waals surface area (Å²) in [6.45, 7) is 0.722. The van der Waals surface area contributed by atoms with Gasteiger partial charge < -0.3 is 11.5 Å². The molecular weight excluding hydrogens is 112 g/mol. The minimum atomic E-state index is 0.511. The number of nitrogens with two attached hydrogens (primary N) is 2. The highest BCUT2D eigenvalue weighted by molar-refractivity contribution is 5.20. The highest BCUT2D eigenvalue weighted by Gasteiger charge is 2.03. The molecule has 4 N–H and O–H groups in total. The number of hydrogen-bond donors (Lipinski definition) is 2. The maximum Gasteiger partial charge on any atom is 0.0270 e. The highest BCUT2D eigenvalue weighted by atomic mass is 14.6. The molecule has 0 amide bonds. The molecule has 0 heterocycles. The van der Waals surface area contributed by atoms with Crippen LogP contribution in [0.15, 0.2) is 23.9 Å². The lowest BCUT2D eigenvalue weighted by Gasteiger charge is -2.10. The van der Waals surface area contributed by atoms with Gasteiger partial charge in [0.2, 0.25) is 0 Å². The normalized spacial score (nSPS) is 25.9. The van der Waals surface area contributed by atoms with Crippen LogP contribution in [0.3, 0.4) is 0 Å². The van der Waals surface area contributed by atoms with Crippen LogP contribution >= 0.6 is 0 Å². The van der Waals surface area contributed by atoms with E-state index in [1.807, 2.05) is 12.2 Å². The van der Waals surface area contributed by atoms with E-state index in [0.717, 1.165) is 18.7 Å². The van der Waals surface area contributed by atoms with Gasteiger partial charge in [0.15, 0.2) is 0 Å². The SMILES string of the molecule is NCC1C=CC(N)=CC1. The molecule has 0 aromatic carbocycles. The Hall–Kier alpha value is -0.760. The molecule has 50 valence electrons. The van der Waals surface area contributed by atoms with Crippen LogP contribution in [0.2, 0.25) is 0 Å². The molecule has 1 aliphatic carbocycles. The van der Waals surface area contributed by atoms with Crippen molar-refractivity contribution < 1.29 is 0 Å². The average Bonchev–Trinajstić information content (AvgIpc) is 1.90. The molecule has 0 bridgehead atoms. The van der Waals surface area contributed by atoms with Crippen LogP contribution in [-0.4, -0.2) is 6.54 Å². The van der Waals surface area contributed by atoms with Crippen LogP contribution in [0.1, 0.15) is 6.42 Å². The van der Waals surface area contributed by atoms with Crippen molar-refractivity contribution in [1.82, 2.24) is 0 Å². The predicted octanol–water partition coefficient (Wildman–Crippen LogP) is 0.364. The number of rotatable bonds is 1. The molecule has 0 aromatic rings. The van der Waals surface area contributed by atoms with Gasteiger partial charge in [-0.15, -0.1) is 0 Å². The Morgan fingerprint density at radius 3 is 2.89 bits per heavy atom. The lowest BCUT2D eigenvalue weighted by atomic mass is 10.0. The minimum Gasteiger partial charge on any atom is -0.399 e. The van der Waals surface area contributed by atoms with E-state index in [0.29, 0.717) is 5.92 Å². The van der Waals surface area contributed by atoms with Crippen LogP contribution in [0, 0.1) is 5.92 Å². The largest absolute Gasteiger partial charge is 0.399 e. The lowest BCUT2D eigenvalue weighted by Crippen LogP contribution is -2.14. The molecule has 0 spiro atoms. The molecule has 0 saturated carbocycles. The zero-order valence-electron chi connectivity index (χ0n) is 5.38. The van der Waals surface area contributed by atoms with E-state index >= 15 is 0 Å². The monoisotopic (exact) mass is 124 g/mol. The second-order valence-corrected chi connectivity index (χ2v) is 2.29. The van der Waals surface area contributed by atoms with Crippen molar-refractivity contribution >= 4 is 0 Å². The Labute approximate surface area is 55.2 Å². The van der Waals surface area contributed by atoms with E-state index in [1.54, 1.807) is 0 Å². The van der Waals surface area contributed by atoms with Gasteiger partial charge in [0.05, 0.1) is 0 Å². The molecule has 1 aliphatic rings. The summed E-state index contributed by atoms with van der Waals surface area (Å²) in [6.07, 6.45) is 6.99. The molecule has 2 nitrogen and oxygen atoms in total. The van der Waals surface area contributed by atoms with E-state index in [9.17, 15) is 0 Å². The van der Waals surface area contributed by atoms with Crippen molar-refractivity contribution in [1.29, 1.82) is 0 Å². The van der Waals surface area contributed by atoms with E-state index in [-0.39, 0.29) is 0 Å². The van der Waals surface area contributed by atoms with Gasteiger partial charge in [0.1, 0.15) is 0 Å². The van der Waals surface area contributed by atoms with E-state index in [1.165, 1.54) is 0 Å². The topological polar surface area (TPSA) is 52.0 Å². The van der Waals surface area contributed by atoms with E-state index < -0.39 is 0 Å². The Bertz CT molecular complexity index is 147. The van der Waals surface area contributed by atoms with Gasteiger partial charge in [-0.2, -0.15) is 0 Å². The summed E-state index contributed by atoms with van der Waals surface area (Å²) < 4.78 is 0. The van der Waals surface area contributed by atoms with Crippen LogP contribution in [0.25, 0.3) is 0 Å². The summed E-state index contributed by atoms with van der Waals surface area (Å²) in [5, 5.41) is 0. The zero-order valence-corrected chi connectivity index (χ0v) is 5.38. The first-order valence-electron chi connectivity index (χ1n) is 3.17. The Morgan fingerprint density at radius 1 is 1.67 bits per heavy atom. The molecule has 0 radical (unpaired) electrons. The van der Waals surface area contributed by atoms with Gasteiger partial charge in [-0.1, -0.05) is 12.2 Å². The molecular formula is C7H12N2. The van der Waals surface area contributed by atoms with Gasteiger partial charge in [-0.05, 0) is 25.0 Å². The summed E-state index contributed by atoms with van der Waals surface area (Å²) in [4.78, 5) is 0. The fourth-order valence-corrected chi connectivity index (χ4v) is 0.856. The summed E-state index contributed by atoms with van der Waals surface area (Å²) in [7, 11) is 0. The van der Waals surface area contributed by atoms with Gasteiger partial charge in [-0.25, -0.2) is 0 Å². The first-order valence-corrected chi connectivity index (χ1v) is 3.17. The van der Waals surface area contributed by atoms with E-state index in [2.05, 4.69) is 6.08 Å². The summed E-state index contributed by atoms with van der Waals surface area (Å²) in [5.41, 5.74) is 11.8. The second kappa shape index (κ2) is 2.69. The fraction of sp³-hybridized carbons (Fsp3) is 0.429. The Kier molecular flexibility index (Phi) is 1.90. The first-order chi connectivity index (χ1) is 4.33. The number of hydrogen-bond acceptors (Lipinski definition) is 2. The molecule has 0 fully saturated rings. The average molecular weight is 124 g/mol. The standard InChI is InChI=1S/C7H12N2/c8-5-6-1-3-7(9)4-2-6/h1,3-4,6H,2,5,8-9H2. The summed E-state index contributed by atoms with van der Waals surface area (Å²) >= 11 is 0.